The minimum absolute atomic E-state index is 1.30. The van der Waals surface area contributed by atoms with Crippen LogP contribution in [0.4, 0.5) is 0 Å². The normalized spacial score (nSPS) is 11.2. The van der Waals surface area contributed by atoms with E-state index in [0.29, 0.717) is 0 Å². The van der Waals surface area contributed by atoms with Crippen molar-refractivity contribution in [3.63, 3.8) is 0 Å². The number of hydrogen-bond donors (Lipinski definition) is 0. The first kappa shape index (κ1) is 35.9. The molecule has 0 aliphatic carbocycles. The van der Waals surface area contributed by atoms with E-state index in [1.807, 2.05) is 0 Å². The van der Waals surface area contributed by atoms with Crippen LogP contribution in [0.25, 0.3) is 0 Å². The van der Waals surface area contributed by atoms with Gasteiger partial charge in [-0.15, -0.1) is 0 Å². The van der Waals surface area contributed by atoms with Crippen molar-refractivity contribution in [2.45, 2.75) is 207 Å². The fraction of sp³-hybridized carbons (Fsp3) is 0.941. The maximum atomic E-state index is 2.39. The van der Waals surface area contributed by atoms with Gasteiger partial charge in [0.25, 0.3) is 0 Å². The van der Waals surface area contributed by atoms with Crippen molar-refractivity contribution in [3.05, 3.63) is 12.2 Å². The molecule has 0 nitrogen and oxygen atoms in total. The Kier molecular flexibility index (Phi) is 39.4. The van der Waals surface area contributed by atoms with Crippen molar-refractivity contribution in [1.82, 2.24) is 0 Å². The third-order valence-electron chi connectivity index (χ3n) is 7.07. The molecule has 0 amide bonds. The topological polar surface area (TPSA) is 0 Å². The Morgan fingerprint density at radius 1 is 0.235 bits per heavy atom. The second-order valence-electron chi connectivity index (χ2n) is 10.8. The highest BCUT2D eigenvalue weighted by atomic mass is 14.0. The van der Waals surface area contributed by atoms with E-state index in [1.54, 1.807) is 0 Å². The third kappa shape index (κ3) is 39.0. The average Bonchev–Trinajstić information content (AvgIpc) is 2.85. The molecule has 0 radical (unpaired) electrons. The molecule has 0 aromatic carbocycles. The highest BCUT2D eigenvalue weighted by Crippen LogP contribution is 2.13. The molecule has 34 heavy (non-hydrogen) atoms. The lowest BCUT2D eigenvalue weighted by Crippen LogP contribution is -1.83. The number of unbranched alkanes of at least 4 members (excludes halogenated alkanes) is 25. The molecule has 0 rings (SSSR count). The molecule has 0 bridgehead atoms. The standard InChI is InChI=1S/C18H38.C16H32/c1-3-5-7-9-11-13-15-17-18-16-14-12-10-8-6-4-2;1-3-5-7-9-11-13-15-16-14-12-10-8-6-4-2/h3-18H2,1-2H3;13,15H,3-12,14,16H2,1-2H3/b;15-13-. The van der Waals surface area contributed by atoms with E-state index in [0.717, 1.165) is 0 Å². The predicted octanol–water partition coefficient (Wildman–Crippen LogP) is 13.5. The van der Waals surface area contributed by atoms with E-state index >= 15 is 0 Å². The van der Waals surface area contributed by atoms with Crippen molar-refractivity contribution >= 4 is 0 Å². The smallest absolute Gasteiger partial charge is 0.0351 e. The Morgan fingerprint density at radius 2 is 0.412 bits per heavy atom. The Labute approximate surface area is 219 Å². The Bertz CT molecular complexity index is 313. The van der Waals surface area contributed by atoms with Crippen LogP contribution in [0.5, 0.6) is 0 Å². The summed E-state index contributed by atoms with van der Waals surface area (Å²) in [6.07, 6.45) is 44.9. The van der Waals surface area contributed by atoms with Gasteiger partial charge in [-0.05, 0) is 25.7 Å². The minimum Gasteiger partial charge on any atom is -0.0885 e. The summed E-state index contributed by atoms with van der Waals surface area (Å²) in [5, 5.41) is 0. The summed E-state index contributed by atoms with van der Waals surface area (Å²) in [7, 11) is 0. The van der Waals surface area contributed by atoms with E-state index in [-0.39, 0.29) is 0 Å². The van der Waals surface area contributed by atoms with Gasteiger partial charge in [0.2, 0.25) is 0 Å². The molecule has 0 fully saturated rings. The molecule has 206 valence electrons. The first-order valence-corrected chi connectivity index (χ1v) is 16.5. The highest BCUT2D eigenvalue weighted by Gasteiger charge is 1.94. The lowest BCUT2D eigenvalue weighted by atomic mass is 10.0. The van der Waals surface area contributed by atoms with Crippen molar-refractivity contribution in [1.29, 1.82) is 0 Å². The summed E-state index contributed by atoms with van der Waals surface area (Å²) in [5.74, 6) is 0. The van der Waals surface area contributed by atoms with Gasteiger partial charge in [0, 0.05) is 0 Å². The van der Waals surface area contributed by atoms with Gasteiger partial charge in [-0.25, -0.2) is 0 Å². The van der Waals surface area contributed by atoms with Gasteiger partial charge in [-0.2, -0.15) is 0 Å². The molecule has 0 heterocycles. The molecule has 0 aromatic rings. The molecule has 0 saturated carbocycles. The van der Waals surface area contributed by atoms with Gasteiger partial charge >= 0.3 is 0 Å². The van der Waals surface area contributed by atoms with Gasteiger partial charge in [0.05, 0.1) is 0 Å². The van der Waals surface area contributed by atoms with Crippen LogP contribution < -0.4 is 0 Å². The van der Waals surface area contributed by atoms with Gasteiger partial charge < -0.3 is 0 Å². The van der Waals surface area contributed by atoms with Crippen LogP contribution in [0.3, 0.4) is 0 Å². The summed E-state index contributed by atoms with van der Waals surface area (Å²) >= 11 is 0. The largest absolute Gasteiger partial charge is 0.0885 e. The van der Waals surface area contributed by atoms with Crippen LogP contribution in [0.15, 0.2) is 12.2 Å². The summed E-state index contributed by atoms with van der Waals surface area (Å²) in [4.78, 5) is 0. The van der Waals surface area contributed by atoms with Crippen molar-refractivity contribution in [2.75, 3.05) is 0 Å². The molecular formula is C34H70. The fourth-order valence-electron chi connectivity index (χ4n) is 4.59. The van der Waals surface area contributed by atoms with Crippen molar-refractivity contribution in [2.24, 2.45) is 0 Å². The molecule has 0 spiro atoms. The lowest BCUT2D eigenvalue weighted by Gasteiger charge is -2.03. The molecular weight excluding hydrogens is 408 g/mol. The van der Waals surface area contributed by atoms with Gasteiger partial charge in [0.15, 0.2) is 0 Å². The summed E-state index contributed by atoms with van der Waals surface area (Å²) in [5.41, 5.74) is 0. The van der Waals surface area contributed by atoms with E-state index < -0.39 is 0 Å². The molecule has 0 N–H and O–H groups in total. The molecule has 0 aromatic heterocycles. The van der Waals surface area contributed by atoms with Crippen LogP contribution in [-0.2, 0) is 0 Å². The molecule has 0 heteroatoms. The average molecular weight is 479 g/mol. The van der Waals surface area contributed by atoms with E-state index in [4.69, 9.17) is 0 Å². The van der Waals surface area contributed by atoms with Crippen LogP contribution >= 0.6 is 0 Å². The lowest BCUT2D eigenvalue weighted by molar-refractivity contribution is 0.531. The first-order chi connectivity index (χ1) is 16.8. The van der Waals surface area contributed by atoms with Gasteiger partial charge in [0.1, 0.15) is 0 Å². The quantitative estimate of drug-likeness (QED) is 0.0813. The second-order valence-corrected chi connectivity index (χ2v) is 10.8. The first-order valence-electron chi connectivity index (χ1n) is 16.5. The molecule has 0 aliphatic heterocycles. The zero-order valence-corrected chi connectivity index (χ0v) is 25.0. The Balaban J connectivity index is 0. The highest BCUT2D eigenvalue weighted by molar-refractivity contribution is 4.81. The van der Waals surface area contributed by atoms with E-state index in [2.05, 4.69) is 39.8 Å². The second kappa shape index (κ2) is 37.3. The number of allylic oxidation sites excluding steroid dienone is 2. The maximum Gasteiger partial charge on any atom is -0.0351 e. The summed E-state index contributed by atoms with van der Waals surface area (Å²) < 4.78 is 0. The van der Waals surface area contributed by atoms with Crippen LogP contribution in [0.2, 0.25) is 0 Å². The maximum absolute atomic E-state index is 2.39. The van der Waals surface area contributed by atoms with Crippen LogP contribution in [0, 0.1) is 0 Å². The Morgan fingerprint density at radius 3 is 0.647 bits per heavy atom. The third-order valence-corrected chi connectivity index (χ3v) is 7.07. The molecule has 0 unspecified atom stereocenters. The van der Waals surface area contributed by atoms with E-state index in [1.165, 1.54) is 180 Å². The molecule has 0 saturated heterocycles. The van der Waals surface area contributed by atoms with Crippen molar-refractivity contribution < 1.29 is 0 Å². The van der Waals surface area contributed by atoms with Gasteiger partial charge in [-0.3, -0.25) is 0 Å². The molecule has 0 aliphatic rings. The SMILES string of the molecule is CCCCCC/C=C\CCCCCCCC.CCCCCCCCCCCCCCCCCC. The van der Waals surface area contributed by atoms with Crippen LogP contribution in [-0.4, -0.2) is 0 Å². The van der Waals surface area contributed by atoms with E-state index in [9.17, 15) is 0 Å². The molecule has 0 atom stereocenters. The van der Waals surface area contributed by atoms with Gasteiger partial charge in [-0.1, -0.05) is 194 Å². The zero-order valence-electron chi connectivity index (χ0n) is 25.0. The van der Waals surface area contributed by atoms with Crippen molar-refractivity contribution in [3.8, 4) is 0 Å². The monoisotopic (exact) mass is 479 g/mol. The number of hydrogen-bond acceptors (Lipinski definition) is 0. The fourth-order valence-corrected chi connectivity index (χ4v) is 4.59. The Hall–Kier alpha value is -0.260. The minimum atomic E-state index is 1.30. The van der Waals surface area contributed by atoms with Crippen LogP contribution in [0.1, 0.15) is 207 Å². The number of rotatable bonds is 27. The summed E-state index contributed by atoms with van der Waals surface area (Å²) in [6, 6.07) is 0. The predicted molar refractivity (Wildman–Crippen MR) is 161 cm³/mol. The summed E-state index contributed by atoms with van der Waals surface area (Å²) in [6.45, 7) is 9.14. The zero-order chi connectivity index (χ0) is 25.2.